The van der Waals surface area contributed by atoms with E-state index in [4.69, 9.17) is 5.14 Å². The summed E-state index contributed by atoms with van der Waals surface area (Å²) in [5.74, 6) is -0.359. The van der Waals surface area contributed by atoms with Crippen LogP contribution in [0.4, 0.5) is 5.95 Å². The lowest BCUT2D eigenvalue weighted by Crippen LogP contribution is -2.28. The van der Waals surface area contributed by atoms with E-state index in [1.54, 1.807) is 11.7 Å². The molecule has 0 radical (unpaired) electrons. The second-order valence-corrected chi connectivity index (χ2v) is 6.86. The summed E-state index contributed by atoms with van der Waals surface area (Å²) in [7, 11) is -1.83. The molecule has 1 aliphatic heterocycles. The van der Waals surface area contributed by atoms with Crippen LogP contribution in [0.25, 0.3) is 0 Å². The van der Waals surface area contributed by atoms with Crippen molar-refractivity contribution < 1.29 is 13.2 Å². The molecule has 1 fully saturated rings. The fourth-order valence-corrected chi connectivity index (χ4v) is 3.42. The number of primary sulfonamides is 1. The molecule has 19 heavy (non-hydrogen) atoms. The third-order valence-electron chi connectivity index (χ3n) is 2.81. The third-order valence-corrected chi connectivity index (χ3v) is 4.47. The van der Waals surface area contributed by atoms with E-state index in [-0.39, 0.29) is 30.5 Å². The Kier molecular flexibility index (Phi) is 3.83. The Balaban J connectivity index is 2.15. The van der Waals surface area contributed by atoms with Crippen molar-refractivity contribution in [1.29, 1.82) is 0 Å². The van der Waals surface area contributed by atoms with Crippen molar-refractivity contribution in [2.75, 3.05) is 23.5 Å². The van der Waals surface area contributed by atoms with Crippen LogP contribution in [0.1, 0.15) is 6.42 Å². The lowest BCUT2D eigenvalue weighted by Gasteiger charge is -2.11. The maximum atomic E-state index is 11.9. The summed E-state index contributed by atoms with van der Waals surface area (Å²) < 4.78 is 23.7. The van der Waals surface area contributed by atoms with Gasteiger partial charge in [0.25, 0.3) is 5.95 Å². The van der Waals surface area contributed by atoms with Crippen LogP contribution in [-0.4, -0.2) is 47.6 Å². The zero-order valence-corrected chi connectivity index (χ0v) is 12.2. The molecule has 106 valence electrons. The Bertz CT molecular complexity index is 597. The van der Waals surface area contributed by atoms with Crippen molar-refractivity contribution in [3.63, 3.8) is 0 Å². The summed E-state index contributed by atoms with van der Waals surface area (Å²) in [5, 5.41) is 9.84. The minimum atomic E-state index is -3.57. The second-order valence-electron chi connectivity index (χ2n) is 4.43. The first kappa shape index (κ1) is 14.3. The van der Waals surface area contributed by atoms with Crippen molar-refractivity contribution in [2.24, 2.45) is 18.1 Å². The standard InChI is InChI=1S/C9H15N5O3S2/c1-13-9(18-2)11-8(12-13)14-4-6(3-7(14)15)5-19(10,16)17/h6H,3-5H2,1-2H3,(H2,10,16,17). The highest BCUT2D eigenvalue weighted by Gasteiger charge is 2.35. The van der Waals surface area contributed by atoms with Gasteiger partial charge < -0.3 is 0 Å². The second kappa shape index (κ2) is 5.10. The molecule has 1 aromatic rings. The molecular formula is C9H15N5O3S2. The van der Waals surface area contributed by atoms with Gasteiger partial charge in [-0.25, -0.2) is 18.2 Å². The number of nitrogens with two attached hydrogens (primary N) is 1. The Morgan fingerprint density at radius 1 is 1.53 bits per heavy atom. The fourth-order valence-electron chi connectivity index (χ4n) is 2.06. The number of aromatic nitrogens is 3. The van der Waals surface area contributed by atoms with Crippen molar-refractivity contribution in [1.82, 2.24) is 14.8 Å². The van der Waals surface area contributed by atoms with Crippen molar-refractivity contribution in [3.8, 4) is 0 Å². The average molecular weight is 305 g/mol. The molecule has 0 aliphatic carbocycles. The molecule has 2 rings (SSSR count). The number of carbonyl (C=O) groups is 1. The van der Waals surface area contributed by atoms with Crippen LogP contribution in [0.15, 0.2) is 5.16 Å². The van der Waals surface area contributed by atoms with Crippen LogP contribution in [0, 0.1) is 5.92 Å². The normalized spacial score (nSPS) is 20.3. The molecule has 0 saturated carbocycles. The van der Waals surface area contributed by atoms with Crippen LogP contribution in [0.3, 0.4) is 0 Å². The Morgan fingerprint density at radius 3 is 2.74 bits per heavy atom. The van der Waals surface area contributed by atoms with E-state index >= 15 is 0 Å². The number of hydrogen-bond acceptors (Lipinski definition) is 6. The van der Waals surface area contributed by atoms with Gasteiger partial charge in [-0.15, -0.1) is 5.10 Å². The predicted molar refractivity (Wildman–Crippen MR) is 71.2 cm³/mol. The average Bonchev–Trinajstić information content (AvgIpc) is 2.79. The first-order valence-corrected chi connectivity index (χ1v) is 8.50. The molecule has 1 unspecified atom stereocenters. The lowest BCUT2D eigenvalue weighted by molar-refractivity contribution is -0.117. The summed E-state index contributed by atoms with van der Waals surface area (Å²) in [6.07, 6.45) is 2.02. The van der Waals surface area contributed by atoms with Gasteiger partial charge in [-0.05, 0) is 6.26 Å². The number of rotatable bonds is 4. The molecule has 1 aliphatic rings. The SMILES string of the molecule is CSc1nc(N2CC(CS(N)(=O)=O)CC2=O)nn1C. The smallest absolute Gasteiger partial charge is 0.252 e. The molecule has 1 aromatic heterocycles. The number of aryl methyl sites for hydroxylation is 1. The zero-order valence-electron chi connectivity index (χ0n) is 10.6. The van der Waals surface area contributed by atoms with Crippen molar-refractivity contribution in [3.05, 3.63) is 0 Å². The van der Waals surface area contributed by atoms with Crippen molar-refractivity contribution >= 4 is 33.6 Å². The van der Waals surface area contributed by atoms with Gasteiger partial charge in [0, 0.05) is 25.9 Å². The molecule has 1 saturated heterocycles. The van der Waals surface area contributed by atoms with Crippen molar-refractivity contribution in [2.45, 2.75) is 11.6 Å². The van der Waals surface area contributed by atoms with Crippen LogP contribution in [0.5, 0.6) is 0 Å². The highest BCUT2D eigenvalue weighted by atomic mass is 32.2. The Hall–Kier alpha value is -1.13. The van der Waals surface area contributed by atoms with Crippen LogP contribution in [-0.2, 0) is 21.9 Å². The number of carbonyl (C=O) groups excluding carboxylic acids is 1. The first-order valence-electron chi connectivity index (χ1n) is 5.56. The number of sulfonamides is 1. The van der Waals surface area contributed by atoms with Gasteiger partial charge in [0.15, 0.2) is 5.16 Å². The van der Waals surface area contributed by atoms with E-state index in [0.29, 0.717) is 11.1 Å². The summed E-state index contributed by atoms with van der Waals surface area (Å²) in [4.78, 5) is 17.5. The van der Waals surface area contributed by atoms with E-state index in [0.717, 1.165) is 0 Å². The minimum absolute atomic E-state index is 0.156. The van der Waals surface area contributed by atoms with Gasteiger partial charge >= 0.3 is 0 Å². The maximum absolute atomic E-state index is 11.9. The van der Waals surface area contributed by atoms with Gasteiger partial charge in [0.05, 0.1) is 5.75 Å². The molecule has 0 aromatic carbocycles. The quantitative estimate of drug-likeness (QED) is 0.727. The van der Waals surface area contributed by atoms with E-state index < -0.39 is 10.0 Å². The first-order chi connectivity index (χ1) is 8.80. The summed E-state index contributed by atoms with van der Waals surface area (Å²) >= 11 is 1.42. The number of thioether (sulfide) groups is 1. The molecule has 8 nitrogen and oxygen atoms in total. The molecule has 2 N–H and O–H groups in total. The summed E-state index contributed by atoms with van der Waals surface area (Å²) in [6, 6.07) is 0. The van der Waals surface area contributed by atoms with E-state index in [2.05, 4.69) is 10.1 Å². The molecule has 0 spiro atoms. The maximum Gasteiger partial charge on any atom is 0.252 e. The molecular weight excluding hydrogens is 290 g/mol. The van der Waals surface area contributed by atoms with Gasteiger partial charge in [0.2, 0.25) is 15.9 Å². The lowest BCUT2D eigenvalue weighted by atomic mass is 10.1. The van der Waals surface area contributed by atoms with Crippen LogP contribution in [0.2, 0.25) is 0 Å². The molecule has 10 heteroatoms. The number of hydrogen-bond donors (Lipinski definition) is 1. The monoisotopic (exact) mass is 305 g/mol. The van der Waals surface area contributed by atoms with Gasteiger partial charge in [-0.3, -0.25) is 9.69 Å². The van der Waals surface area contributed by atoms with Crippen LogP contribution < -0.4 is 10.0 Å². The predicted octanol–water partition coefficient (Wildman–Crippen LogP) is -0.822. The highest BCUT2D eigenvalue weighted by Crippen LogP contribution is 2.24. The Labute approximate surface area is 115 Å². The summed E-state index contributed by atoms with van der Waals surface area (Å²) in [5.41, 5.74) is 0. The molecule has 1 atom stereocenters. The van der Waals surface area contributed by atoms with Gasteiger partial charge in [-0.1, -0.05) is 11.8 Å². The summed E-state index contributed by atoms with van der Waals surface area (Å²) in [6.45, 7) is 0.285. The highest BCUT2D eigenvalue weighted by molar-refractivity contribution is 7.98. The van der Waals surface area contributed by atoms with Gasteiger partial charge in [0.1, 0.15) is 0 Å². The fraction of sp³-hybridized carbons (Fsp3) is 0.667. The topological polar surface area (TPSA) is 111 Å². The molecule has 0 bridgehead atoms. The van der Waals surface area contributed by atoms with E-state index in [1.165, 1.54) is 16.7 Å². The molecule has 1 amide bonds. The minimum Gasteiger partial charge on any atom is -0.279 e. The third kappa shape index (κ3) is 3.25. The van der Waals surface area contributed by atoms with Gasteiger partial charge in [-0.2, -0.15) is 4.98 Å². The molecule has 2 heterocycles. The number of nitrogens with zero attached hydrogens (tertiary/aromatic N) is 4. The zero-order chi connectivity index (χ0) is 14.2. The van der Waals surface area contributed by atoms with E-state index in [1.807, 2.05) is 6.26 Å². The number of anilines is 1. The number of amides is 1. The largest absolute Gasteiger partial charge is 0.279 e. The van der Waals surface area contributed by atoms with Crippen LogP contribution >= 0.6 is 11.8 Å². The van der Waals surface area contributed by atoms with E-state index in [9.17, 15) is 13.2 Å². The Morgan fingerprint density at radius 2 is 2.21 bits per heavy atom.